The van der Waals surface area contributed by atoms with E-state index in [1.54, 1.807) is 6.07 Å². The first kappa shape index (κ1) is 13.3. The van der Waals surface area contributed by atoms with Crippen LogP contribution < -0.4 is 10.2 Å². The zero-order valence-corrected chi connectivity index (χ0v) is 11.0. The lowest BCUT2D eigenvalue weighted by Gasteiger charge is -2.25. The maximum atomic E-state index is 13.4. The van der Waals surface area contributed by atoms with Gasteiger partial charge in [0, 0.05) is 24.8 Å². The van der Waals surface area contributed by atoms with Crippen LogP contribution in [0.1, 0.15) is 31.9 Å². The second-order valence-corrected chi connectivity index (χ2v) is 4.87. The van der Waals surface area contributed by atoms with Crippen LogP contribution in [-0.2, 0) is 0 Å². The summed E-state index contributed by atoms with van der Waals surface area (Å²) in [6, 6.07) is 5.00. The summed E-state index contributed by atoms with van der Waals surface area (Å²) in [5, 5.41) is 12.9. The van der Waals surface area contributed by atoms with Crippen molar-refractivity contribution < 1.29 is 9.50 Å². The molecule has 1 heterocycles. The second-order valence-electron chi connectivity index (χ2n) is 4.87. The molecule has 100 valence electrons. The Hall–Kier alpha value is -1.13. The maximum Gasteiger partial charge on any atom is 0.123 e. The van der Waals surface area contributed by atoms with Gasteiger partial charge in [-0.2, -0.15) is 0 Å². The fraction of sp³-hybridized carbons (Fsp3) is 0.571. The average molecular weight is 252 g/mol. The molecule has 1 saturated heterocycles. The molecule has 4 heteroatoms. The summed E-state index contributed by atoms with van der Waals surface area (Å²) in [5.74, 6) is -0.210. The fourth-order valence-electron chi connectivity index (χ4n) is 2.54. The Morgan fingerprint density at radius 1 is 1.56 bits per heavy atom. The number of benzene rings is 1. The molecule has 1 aromatic rings. The molecule has 2 rings (SSSR count). The Labute approximate surface area is 108 Å². The summed E-state index contributed by atoms with van der Waals surface area (Å²) in [4.78, 5) is 2.13. The Morgan fingerprint density at radius 2 is 2.33 bits per heavy atom. The van der Waals surface area contributed by atoms with Crippen molar-refractivity contribution in [3.8, 4) is 0 Å². The molecule has 1 aliphatic rings. The topological polar surface area (TPSA) is 35.5 Å². The lowest BCUT2D eigenvalue weighted by Crippen LogP contribution is -2.25. The quantitative estimate of drug-likeness (QED) is 0.861. The zero-order chi connectivity index (χ0) is 13.1. The molecule has 1 fully saturated rings. The largest absolute Gasteiger partial charge is 0.391 e. The molecule has 0 saturated carbocycles. The fourth-order valence-corrected chi connectivity index (χ4v) is 2.54. The van der Waals surface area contributed by atoms with Crippen LogP contribution in [0.4, 0.5) is 10.1 Å². The zero-order valence-electron chi connectivity index (χ0n) is 11.0. The number of hydrogen-bond acceptors (Lipinski definition) is 3. The van der Waals surface area contributed by atoms with Gasteiger partial charge in [0.1, 0.15) is 5.82 Å². The minimum atomic E-state index is -0.266. The lowest BCUT2D eigenvalue weighted by atomic mass is 10.0. The molecule has 2 atom stereocenters. The van der Waals surface area contributed by atoms with Crippen molar-refractivity contribution in [2.24, 2.45) is 0 Å². The summed E-state index contributed by atoms with van der Waals surface area (Å²) in [5.41, 5.74) is 1.99. The van der Waals surface area contributed by atoms with Crippen molar-refractivity contribution in [2.45, 2.75) is 32.4 Å². The van der Waals surface area contributed by atoms with Crippen molar-refractivity contribution in [3.05, 3.63) is 29.6 Å². The van der Waals surface area contributed by atoms with Crippen molar-refractivity contribution in [1.29, 1.82) is 0 Å². The van der Waals surface area contributed by atoms with E-state index >= 15 is 0 Å². The number of aliphatic hydroxyl groups is 1. The first-order valence-electron chi connectivity index (χ1n) is 6.57. The number of halogens is 1. The highest BCUT2D eigenvalue weighted by Gasteiger charge is 2.23. The van der Waals surface area contributed by atoms with Crippen LogP contribution in [0.3, 0.4) is 0 Å². The van der Waals surface area contributed by atoms with Crippen LogP contribution in [0.15, 0.2) is 18.2 Å². The van der Waals surface area contributed by atoms with E-state index in [9.17, 15) is 9.50 Å². The Morgan fingerprint density at radius 3 is 2.94 bits per heavy atom. The van der Waals surface area contributed by atoms with E-state index in [1.807, 2.05) is 19.9 Å². The SMILES string of the molecule is CCNC(C)c1cc(F)ccc1N1CCC(O)C1. The first-order chi connectivity index (χ1) is 8.61. The van der Waals surface area contributed by atoms with Gasteiger partial charge in [0.15, 0.2) is 0 Å². The number of aliphatic hydroxyl groups excluding tert-OH is 1. The third-order valence-corrected chi connectivity index (χ3v) is 3.47. The molecule has 3 nitrogen and oxygen atoms in total. The summed E-state index contributed by atoms with van der Waals surface area (Å²) in [6.45, 7) is 6.39. The number of nitrogens with one attached hydrogen (secondary N) is 1. The van der Waals surface area contributed by atoms with Gasteiger partial charge >= 0.3 is 0 Å². The smallest absolute Gasteiger partial charge is 0.123 e. The highest BCUT2D eigenvalue weighted by Crippen LogP contribution is 2.29. The Balaban J connectivity index is 2.28. The molecule has 1 aliphatic heterocycles. The normalized spacial score (nSPS) is 21.3. The molecule has 0 aromatic heterocycles. The van der Waals surface area contributed by atoms with Crippen molar-refractivity contribution in [3.63, 3.8) is 0 Å². The molecule has 0 aliphatic carbocycles. The third-order valence-electron chi connectivity index (χ3n) is 3.47. The molecule has 0 radical (unpaired) electrons. The van der Waals surface area contributed by atoms with Gasteiger partial charge in [0.25, 0.3) is 0 Å². The average Bonchev–Trinajstić information content (AvgIpc) is 2.76. The van der Waals surface area contributed by atoms with Gasteiger partial charge in [-0.05, 0) is 43.7 Å². The summed E-state index contributed by atoms with van der Waals surface area (Å²) in [7, 11) is 0. The summed E-state index contributed by atoms with van der Waals surface area (Å²) in [6.07, 6.45) is 0.518. The predicted octanol–water partition coefficient (Wildman–Crippen LogP) is 2.07. The minimum absolute atomic E-state index is 0.110. The Bertz CT molecular complexity index is 411. The van der Waals surface area contributed by atoms with Gasteiger partial charge in [0.05, 0.1) is 6.10 Å². The van der Waals surface area contributed by atoms with Gasteiger partial charge in [-0.1, -0.05) is 6.92 Å². The predicted molar refractivity (Wildman–Crippen MR) is 71.3 cm³/mol. The van der Waals surface area contributed by atoms with Crippen LogP contribution in [0, 0.1) is 5.82 Å². The number of rotatable bonds is 4. The molecule has 0 bridgehead atoms. The minimum Gasteiger partial charge on any atom is -0.391 e. The van der Waals surface area contributed by atoms with E-state index in [-0.39, 0.29) is 18.0 Å². The Kier molecular flexibility index (Phi) is 4.19. The van der Waals surface area contributed by atoms with E-state index in [2.05, 4.69) is 10.2 Å². The molecule has 18 heavy (non-hydrogen) atoms. The van der Waals surface area contributed by atoms with Crippen LogP contribution in [0.25, 0.3) is 0 Å². The monoisotopic (exact) mass is 252 g/mol. The number of β-amino-alcohol motifs (C(OH)–C–C–N with tert-alkyl or cyclic N) is 1. The number of nitrogens with zero attached hydrogens (tertiary/aromatic N) is 1. The van der Waals surface area contributed by atoms with Gasteiger partial charge < -0.3 is 15.3 Å². The summed E-state index contributed by atoms with van der Waals surface area (Å²) < 4.78 is 13.4. The second kappa shape index (κ2) is 5.67. The van der Waals surface area contributed by atoms with Gasteiger partial charge in [0.2, 0.25) is 0 Å². The molecular formula is C14H21FN2O. The van der Waals surface area contributed by atoms with E-state index in [1.165, 1.54) is 6.07 Å². The number of hydrogen-bond donors (Lipinski definition) is 2. The molecular weight excluding hydrogens is 231 g/mol. The van der Waals surface area contributed by atoms with E-state index in [0.29, 0.717) is 6.54 Å². The van der Waals surface area contributed by atoms with Gasteiger partial charge in [-0.15, -0.1) is 0 Å². The standard InChI is InChI=1S/C14H21FN2O/c1-3-16-10(2)13-8-11(15)4-5-14(13)17-7-6-12(18)9-17/h4-5,8,10,12,16,18H,3,6-7,9H2,1-2H3. The maximum absolute atomic E-state index is 13.4. The highest BCUT2D eigenvalue weighted by atomic mass is 19.1. The molecule has 2 N–H and O–H groups in total. The van der Waals surface area contributed by atoms with Crippen LogP contribution >= 0.6 is 0 Å². The lowest BCUT2D eigenvalue weighted by molar-refractivity contribution is 0.198. The van der Waals surface area contributed by atoms with Crippen LogP contribution in [-0.4, -0.2) is 30.8 Å². The van der Waals surface area contributed by atoms with Gasteiger partial charge in [-0.3, -0.25) is 0 Å². The highest BCUT2D eigenvalue weighted by molar-refractivity contribution is 5.56. The number of anilines is 1. The van der Waals surface area contributed by atoms with E-state index in [0.717, 1.165) is 30.8 Å². The van der Waals surface area contributed by atoms with Gasteiger partial charge in [-0.25, -0.2) is 4.39 Å². The van der Waals surface area contributed by atoms with E-state index < -0.39 is 0 Å². The van der Waals surface area contributed by atoms with Crippen molar-refractivity contribution in [2.75, 3.05) is 24.5 Å². The van der Waals surface area contributed by atoms with Crippen LogP contribution in [0.5, 0.6) is 0 Å². The van der Waals surface area contributed by atoms with Crippen molar-refractivity contribution >= 4 is 5.69 Å². The molecule has 0 amide bonds. The summed E-state index contributed by atoms with van der Waals surface area (Å²) >= 11 is 0. The third kappa shape index (κ3) is 2.82. The first-order valence-corrected chi connectivity index (χ1v) is 6.57. The van der Waals surface area contributed by atoms with Crippen LogP contribution in [0.2, 0.25) is 0 Å². The van der Waals surface area contributed by atoms with Crippen molar-refractivity contribution in [1.82, 2.24) is 5.32 Å². The molecule has 1 aromatic carbocycles. The van der Waals surface area contributed by atoms with E-state index in [4.69, 9.17) is 0 Å². The molecule has 2 unspecified atom stereocenters. The molecule has 0 spiro atoms.